The third-order valence-electron chi connectivity index (χ3n) is 2.65. The van der Waals surface area contributed by atoms with Gasteiger partial charge in [-0.1, -0.05) is 0 Å². The number of ether oxygens (including phenoxy) is 2. The van der Waals surface area contributed by atoms with Gasteiger partial charge in [0.25, 0.3) is 0 Å². The smallest absolute Gasteiger partial charge is 0.183 e. The lowest BCUT2D eigenvalue weighted by molar-refractivity contribution is 0.350. The second-order valence-corrected chi connectivity index (χ2v) is 5.25. The first kappa shape index (κ1) is 14.3. The summed E-state index contributed by atoms with van der Waals surface area (Å²) in [6.07, 6.45) is 3.13. The first-order valence-corrected chi connectivity index (χ1v) is 7.14. The zero-order valence-electron chi connectivity index (χ0n) is 11.2. The van der Waals surface area contributed by atoms with E-state index in [9.17, 15) is 4.21 Å². The summed E-state index contributed by atoms with van der Waals surface area (Å²) < 4.78 is 22.8. The van der Waals surface area contributed by atoms with E-state index in [1.54, 1.807) is 30.6 Å². The van der Waals surface area contributed by atoms with Gasteiger partial charge in [0.2, 0.25) is 0 Å². The largest absolute Gasteiger partial charge is 0.493 e. The molecule has 0 aliphatic rings. The molecule has 2 aromatic rings. The van der Waals surface area contributed by atoms with Crippen molar-refractivity contribution in [3.05, 3.63) is 36.3 Å². The number of anilines is 1. The lowest BCUT2D eigenvalue weighted by Crippen LogP contribution is -2.06. The van der Waals surface area contributed by atoms with Crippen molar-refractivity contribution >= 4 is 16.5 Å². The van der Waals surface area contributed by atoms with Crippen molar-refractivity contribution in [1.82, 2.24) is 9.97 Å². The maximum Gasteiger partial charge on any atom is 0.183 e. The lowest BCUT2D eigenvalue weighted by Gasteiger charge is -2.11. The van der Waals surface area contributed by atoms with Crippen molar-refractivity contribution in [1.29, 1.82) is 0 Å². The van der Waals surface area contributed by atoms with Crippen LogP contribution in [0.1, 0.15) is 5.69 Å². The molecule has 0 aromatic carbocycles. The number of hydrogen-bond acceptors (Lipinski definition) is 6. The molecule has 1 atom stereocenters. The van der Waals surface area contributed by atoms with Crippen LogP contribution in [0.4, 0.5) is 5.69 Å². The Hall–Kier alpha value is -2.15. The highest BCUT2D eigenvalue weighted by Gasteiger charge is 2.16. The topological polar surface area (TPSA) is 87.3 Å². The van der Waals surface area contributed by atoms with Crippen LogP contribution in [0.2, 0.25) is 0 Å². The summed E-state index contributed by atoms with van der Waals surface area (Å²) in [5.41, 5.74) is 6.70. The highest BCUT2D eigenvalue weighted by molar-refractivity contribution is 7.84. The molecular formula is C13H15N3O3S. The minimum atomic E-state index is -1.40. The van der Waals surface area contributed by atoms with Crippen LogP contribution in [-0.2, 0) is 16.6 Å². The van der Waals surface area contributed by atoms with Crippen LogP contribution in [0.15, 0.2) is 35.6 Å². The third-order valence-corrected chi connectivity index (χ3v) is 3.96. The fourth-order valence-corrected chi connectivity index (χ4v) is 2.84. The van der Waals surface area contributed by atoms with Crippen LogP contribution in [0.25, 0.3) is 0 Å². The van der Waals surface area contributed by atoms with Gasteiger partial charge in [0, 0.05) is 18.5 Å². The first-order chi connectivity index (χ1) is 9.67. The molecule has 106 valence electrons. The van der Waals surface area contributed by atoms with E-state index >= 15 is 0 Å². The number of rotatable bonds is 5. The highest BCUT2D eigenvalue weighted by Crippen LogP contribution is 2.30. The average molecular weight is 293 g/mol. The Kier molecular flexibility index (Phi) is 4.52. The molecule has 0 spiro atoms. The van der Waals surface area contributed by atoms with Crippen molar-refractivity contribution in [3.63, 3.8) is 0 Å². The van der Waals surface area contributed by atoms with Gasteiger partial charge in [0.05, 0.1) is 42.2 Å². The minimum Gasteiger partial charge on any atom is -0.493 e. The van der Waals surface area contributed by atoms with E-state index in [0.29, 0.717) is 27.9 Å². The molecule has 0 bridgehead atoms. The van der Waals surface area contributed by atoms with Crippen molar-refractivity contribution in [2.45, 2.75) is 10.8 Å². The molecule has 2 N–H and O–H groups in total. The summed E-state index contributed by atoms with van der Waals surface area (Å²) in [6, 6.07) is 5.04. The second kappa shape index (κ2) is 6.33. The summed E-state index contributed by atoms with van der Waals surface area (Å²) in [5, 5.41) is 0.346. The van der Waals surface area contributed by atoms with Crippen LogP contribution in [0, 0.1) is 0 Å². The van der Waals surface area contributed by atoms with E-state index in [0.717, 1.165) is 0 Å². The Labute approximate surface area is 119 Å². The van der Waals surface area contributed by atoms with Gasteiger partial charge in [-0.05, 0) is 12.1 Å². The van der Waals surface area contributed by atoms with Gasteiger partial charge < -0.3 is 15.2 Å². The fourth-order valence-electron chi connectivity index (χ4n) is 1.74. The molecule has 6 nitrogen and oxygen atoms in total. The summed E-state index contributed by atoms with van der Waals surface area (Å²) >= 11 is 0. The number of nitrogens with zero attached hydrogens (tertiary/aromatic N) is 2. The molecule has 0 saturated carbocycles. The van der Waals surface area contributed by atoms with Crippen molar-refractivity contribution in [3.8, 4) is 11.5 Å². The molecule has 1 unspecified atom stereocenters. The van der Waals surface area contributed by atoms with Gasteiger partial charge in [-0.2, -0.15) is 0 Å². The molecule has 2 heterocycles. The minimum absolute atomic E-state index is 0.154. The highest BCUT2D eigenvalue weighted by atomic mass is 32.2. The SMILES string of the molecule is COc1ccnc(CS(=O)c2ncccc2N)c1OC. The molecule has 2 aromatic heterocycles. The molecule has 2 rings (SSSR count). The van der Waals surface area contributed by atoms with Crippen molar-refractivity contribution in [2.24, 2.45) is 0 Å². The molecule has 7 heteroatoms. The molecule has 0 aliphatic carbocycles. The summed E-state index contributed by atoms with van der Waals surface area (Å²) in [7, 11) is 1.65. The zero-order chi connectivity index (χ0) is 14.5. The first-order valence-electron chi connectivity index (χ1n) is 5.82. The number of methoxy groups -OCH3 is 2. The third kappa shape index (κ3) is 2.88. The molecule has 0 aliphatic heterocycles. The van der Waals surface area contributed by atoms with Crippen LogP contribution >= 0.6 is 0 Å². The molecule has 0 radical (unpaired) electrons. The standard InChI is InChI=1S/C13H15N3O3S/c1-18-11-5-7-15-10(12(11)19-2)8-20(17)13-9(14)4-3-6-16-13/h3-7H,8,14H2,1-2H3. The van der Waals surface area contributed by atoms with E-state index in [1.807, 2.05) is 0 Å². The van der Waals surface area contributed by atoms with Crippen LogP contribution < -0.4 is 15.2 Å². The van der Waals surface area contributed by atoms with Gasteiger partial charge >= 0.3 is 0 Å². The Morgan fingerprint density at radius 3 is 2.65 bits per heavy atom. The van der Waals surface area contributed by atoms with E-state index < -0.39 is 10.8 Å². The second-order valence-electron chi connectivity index (χ2n) is 3.88. The Morgan fingerprint density at radius 1 is 1.20 bits per heavy atom. The predicted octanol–water partition coefficient (Wildman–Crippen LogP) is 1.38. The maximum atomic E-state index is 12.3. The average Bonchev–Trinajstić information content (AvgIpc) is 2.47. The number of nitrogen functional groups attached to an aromatic ring is 1. The van der Waals surface area contributed by atoms with E-state index in [4.69, 9.17) is 15.2 Å². The zero-order valence-corrected chi connectivity index (χ0v) is 12.0. The quantitative estimate of drug-likeness (QED) is 0.896. The number of pyridine rings is 2. The van der Waals surface area contributed by atoms with E-state index in [1.165, 1.54) is 14.2 Å². The van der Waals surface area contributed by atoms with Crippen molar-refractivity contribution < 1.29 is 13.7 Å². The number of aromatic nitrogens is 2. The van der Waals surface area contributed by atoms with Crippen LogP contribution in [-0.4, -0.2) is 28.4 Å². The molecular weight excluding hydrogens is 278 g/mol. The van der Waals surface area contributed by atoms with Crippen molar-refractivity contribution in [2.75, 3.05) is 20.0 Å². The summed E-state index contributed by atoms with van der Waals surface area (Å²) in [6.45, 7) is 0. The summed E-state index contributed by atoms with van der Waals surface area (Å²) in [4.78, 5) is 8.23. The molecule has 0 fully saturated rings. The lowest BCUT2D eigenvalue weighted by atomic mass is 10.3. The van der Waals surface area contributed by atoms with Gasteiger partial charge in [0.1, 0.15) is 5.03 Å². The van der Waals surface area contributed by atoms with Crippen LogP contribution in [0.5, 0.6) is 11.5 Å². The fraction of sp³-hybridized carbons (Fsp3) is 0.231. The number of hydrogen-bond donors (Lipinski definition) is 1. The van der Waals surface area contributed by atoms with E-state index in [2.05, 4.69) is 9.97 Å². The maximum absolute atomic E-state index is 12.3. The van der Waals surface area contributed by atoms with Gasteiger partial charge in [-0.3, -0.25) is 9.19 Å². The normalized spacial score (nSPS) is 11.9. The molecule has 20 heavy (non-hydrogen) atoms. The molecule has 0 saturated heterocycles. The molecule has 0 amide bonds. The summed E-state index contributed by atoms with van der Waals surface area (Å²) in [5.74, 6) is 1.17. The number of nitrogens with two attached hydrogens (primary N) is 1. The van der Waals surface area contributed by atoms with Gasteiger partial charge in [-0.25, -0.2) is 4.98 Å². The van der Waals surface area contributed by atoms with Gasteiger partial charge in [0.15, 0.2) is 11.5 Å². The Morgan fingerprint density at radius 2 is 2.00 bits per heavy atom. The Bertz CT molecular complexity index is 634. The van der Waals surface area contributed by atoms with E-state index in [-0.39, 0.29) is 5.75 Å². The monoisotopic (exact) mass is 293 g/mol. The Balaban J connectivity index is 2.31. The van der Waals surface area contributed by atoms with Crippen LogP contribution in [0.3, 0.4) is 0 Å². The van der Waals surface area contributed by atoms with Gasteiger partial charge in [-0.15, -0.1) is 0 Å². The predicted molar refractivity (Wildman–Crippen MR) is 76.1 cm³/mol.